The van der Waals surface area contributed by atoms with Crippen LogP contribution in [0.2, 0.25) is 0 Å². The van der Waals surface area contributed by atoms with Gasteiger partial charge in [0, 0.05) is 13.8 Å². The van der Waals surface area contributed by atoms with Gasteiger partial charge in [0.1, 0.15) is 0 Å². The normalized spacial score (nSPS) is 11.5. The van der Waals surface area contributed by atoms with Crippen LogP contribution >= 0.6 is 0 Å². The summed E-state index contributed by atoms with van der Waals surface area (Å²) >= 11 is 0. The molecule has 0 amide bonds. The van der Waals surface area contributed by atoms with Crippen LogP contribution < -0.4 is 0 Å². The lowest BCUT2D eigenvalue weighted by molar-refractivity contribution is -0.138. The number of hydrogen-bond acceptors (Lipinski definition) is 10. The lowest BCUT2D eigenvalue weighted by atomic mass is 10.1. The minimum atomic E-state index is -0.550. The Morgan fingerprint density at radius 2 is 0.658 bits per heavy atom. The topological polar surface area (TPSA) is 139 Å². The number of cyclic esters (lactones) is 4. The highest BCUT2D eigenvalue weighted by molar-refractivity contribution is 6.15. The number of esters is 6. The van der Waals surface area contributed by atoms with Gasteiger partial charge in [0.15, 0.2) is 0 Å². The molecule has 0 N–H and O–H groups in total. The molecule has 2 aliphatic heterocycles. The number of methoxy groups -OCH3 is 2. The highest BCUT2D eigenvalue weighted by Crippen LogP contribution is 2.19. The van der Waals surface area contributed by atoms with Gasteiger partial charge in [-0.05, 0) is 24.3 Å². The molecule has 2 aliphatic rings. The molecule has 3 aromatic rings. The predicted molar refractivity (Wildman–Crippen MR) is 134 cm³/mol. The number of hydrogen-bond donors (Lipinski definition) is 0. The smallest absolute Gasteiger partial charge is 0.346 e. The van der Waals surface area contributed by atoms with Crippen molar-refractivity contribution >= 4 is 35.8 Å². The molecule has 0 atom stereocenters. The number of carbonyl (C=O) groups is 6. The van der Waals surface area contributed by atoms with Crippen molar-refractivity contribution in [2.24, 2.45) is 0 Å². The van der Waals surface area contributed by atoms with Crippen molar-refractivity contribution < 1.29 is 47.7 Å². The Labute approximate surface area is 219 Å². The second-order valence-corrected chi connectivity index (χ2v) is 6.99. The van der Waals surface area contributed by atoms with Crippen LogP contribution in [0.15, 0.2) is 84.9 Å². The molecule has 0 aliphatic carbocycles. The molecule has 0 aromatic heterocycles. The minimum absolute atomic E-state index is 0.245. The Kier molecular flexibility index (Phi) is 13.4. The van der Waals surface area contributed by atoms with Crippen molar-refractivity contribution in [2.75, 3.05) is 14.2 Å². The van der Waals surface area contributed by atoms with Gasteiger partial charge in [-0.2, -0.15) is 0 Å². The molecule has 38 heavy (non-hydrogen) atoms. The van der Waals surface area contributed by atoms with E-state index in [-0.39, 0.29) is 11.9 Å². The van der Waals surface area contributed by atoms with Gasteiger partial charge in [-0.3, -0.25) is 9.59 Å². The second kappa shape index (κ2) is 16.5. The summed E-state index contributed by atoms with van der Waals surface area (Å²) in [5.74, 6) is -2.69. The van der Waals surface area contributed by atoms with Gasteiger partial charge in [0.05, 0.1) is 36.5 Å². The zero-order valence-electron chi connectivity index (χ0n) is 21.2. The third-order valence-corrected chi connectivity index (χ3v) is 4.35. The van der Waals surface area contributed by atoms with Crippen LogP contribution in [0.3, 0.4) is 0 Å². The minimum Gasteiger partial charge on any atom is -0.469 e. The predicted octanol–water partition coefficient (Wildman–Crippen LogP) is 4.04. The van der Waals surface area contributed by atoms with E-state index in [1.807, 2.05) is 36.4 Å². The second-order valence-electron chi connectivity index (χ2n) is 6.99. The third kappa shape index (κ3) is 10.6. The molecule has 0 saturated heterocycles. The van der Waals surface area contributed by atoms with Crippen molar-refractivity contribution in [3.63, 3.8) is 0 Å². The summed E-state index contributed by atoms with van der Waals surface area (Å²) < 4.78 is 16.9. The molecule has 0 spiro atoms. The molecule has 10 nitrogen and oxygen atoms in total. The highest BCUT2D eigenvalue weighted by atomic mass is 16.6. The molecule has 0 bridgehead atoms. The largest absolute Gasteiger partial charge is 0.469 e. The summed E-state index contributed by atoms with van der Waals surface area (Å²) in [4.78, 5) is 62.5. The molecule has 10 heteroatoms. The van der Waals surface area contributed by atoms with E-state index in [1.54, 1.807) is 48.5 Å². The average molecular weight is 523 g/mol. The Morgan fingerprint density at radius 1 is 0.474 bits per heavy atom. The number of rotatable bonds is 0. The molecular weight excluding hydrogens is 496 g/mol. The zero-order valence-corrected chi connectivity index (χ0v) is 21.2. The van der Waals surface area contributed by atoms with Gasteiger partial charge in [-0.25, -0.2) is 19.2 Å². The van der Waals surface area contributed by atoms with Gasteiger partial charge in [-0.15, -0.1) is 0 Å². The summed E-state index contributed by atoms with van der Waals surface area (Å²) in [6.07, 6.45) is 0. The quantitative estimate of drug-likeness (QED) is 0.241. The first-order valence-corrected chi connectivity index (χ1v) is 10.9. The molecule has 0 radical (unpaired) electrons. The summed E-state index contributed by atoms with van der Waals surface area (Å²) in [5.41, 5.74) is 1.44. The van der Waals surface area contributed by atoms with Gasteiger partial charge in [-0.1, -0.05) is 60.7 Å². The van der Waals surface area contributed by atoms with E-state index >= 15 is 0 Å². The van der Waals surface area contributed by atoms with Crippen LogP contribution in [0.1, 0.15) is 55.3 Å². The molecular formula is C28H26O10. The van der Waals surface area contributed by atoms with Gasteiger partial charge >= 0.3 is 35.8 Å². The van der Waals surface area contributed by atoms with E-state index in [0.717, 1.165) is 0 Å². The highest BCUT2D eigenvalue weighted by Gasteiger charge is 2.29. The SMILES string of the molecule is COC(C)=O.COC(C)=O.O=C1OC(=O)c2ccccc21.O=C1OC(=O)c2ccccc21.c1ccccc1. The van der Waals surface area contributed by atoms with Crippen LogP contribution in [0.4, 0.5) is 0 Å². The fourth-order valence-corrected chi connectivity index (χ4v) is 2.45. The van der Waals surface area contributed by atoms with Crippen LogP contribution in [0.5, 0.6) is 0 Å². The fourth-order valence-electron chi connectivity index (χ4n) is 2.45. The lowest BCUT2D eigenvalue weighted by Crippen LogP contribution is -1.96. The Morgan fingerprint density at radius 3 is 0.816 bits per heavy atom. The summed E-state index contributed by atoms with van der Waals surface area (Å²) in [6, 6.07) is 25.1. The first-order valence-electron chi connectivity index (χ1n) is 10.9. The van der Waals surface area contributed by atoms with Crippen LogP contribution in [0, 0.1) is 0 Å². The van der Waals surface area contributed by atoms with E-state index in [2.05, 4.69) is 18.9 Å². The maximum atomic E-state index is 10.8. The van der Waals surface area contributed by atoms with Crippen LogP contribution in [0.25, 0.3) is 0 Å². The molecule has 2 heterocycles. The molecule has 0 fully saturated rings. The molecule has 5 rings (SSSR count). The van der Waals surface area contributed by atoms with Crippen molar-refractivity contribution in [1.29, 1.82) is 0 Å². The lowest BCUT2D eigenvalue weighted by Gasteiger charge is -1.86. The standard InChI is InChI=1S/2C8H4O3.C6H6.2C3H6O2/c2*9-7-5-3-1-2-4-6(5)8(10)11-7;1-2-4-6-5-3-1;2*1-3(4)5-2/h2*1-4H;1-6H;2*1-2H3. The van der Waals surface area contributed by atoms with E-state index in [9.17, 15) is 28.8 Å². The van der Waals surface area contributed by atoms with Gasteiger partial charge in [0.2, 0.25) is 0 Å². The third-order valence-electron chi connectivity index (χ3n) is 4.35. The number of carbonyl (C=O) groups excluding carboxylic acids is 6. The van der Waals surface area contributed by atoms with E-state index in [0.29, 0.717) is 22.3 Å². The van der Waals surface area contributed by atoms with E-state index in [4.69, 9.17) is 0 Å². The van der Waals surface area contributed by atoms with Gasteiger partial charge in [0.25, 0.3) is 0 Å². The zero-order chi connectivity index (χ0) is 28.5. The first kappa shape index (κ1) is 30.9. The Bertz CT molecular complexity index is 1090. The maximum Gasteiger partial charge on any atom is 0.346 e. The first-order chi connectivity index (χ1) is 18.1. The molecule has 3 aromatic carbocycles. The van der Waals surface area contributed by atoms with Gasteiger partial charge < -0.3 is 18.9 Å². The van der Waals surface area contributed by atoms with Crippen LogP contribution in [-0.4, -0.2) is 50.0 Å². The van der Waals surface area contributed by atoms with Crippen molar-refractivity contribution in [2.45, 2.75) is 13.8 Å². The maximum absolute atomic E-state index is 10.8. The summed E-state index contributed by atoms with van der Waals surface area (Å²) in [5, 5.41) is 0. The van der Waals surface area contributed by atoms with Crippen molar-refractivity contribution in [3.05, 3.63) is 107 Å². The number of benzene rings is 3. The van der Waals surface area contributed by atoms with Crippen molar-refractivity contribution in [1.82, 2.24) is 0 Å². The monoisotopic (exact) mass is 522 g/mol. The summed E-state index contributed by atoms with van der Waals surface area (Å²) in [6.45, 7) is 2.72. The summed E-state index contributed by atoms with van der Waals surface area (Å²) in [7, 11) is 2.70. The van der Waals surface area contributed by atoms with Crippen molar-refractivity contribution in [3.8, 4) is 0 Å². The molecule has 0 unspecified atom stereocenters. The number of fused-ring (bicyclic) bond motifs is 2. The molecule has 198 valence electrons. The van der Waals surface area contributed by atoms with E-state index in [1.165, 1.54) is 28.1 Å². The Balaban J connectivity index is 0.000000251. The molecule has 0 saturated carbocycles. The number of ether oxygens (including phenoxy) is 4. The van der Waals surface area contributed by atoms with E-state index < -0.39 is 23.9 Å². The Hall–Kier alpha value is -5.12. The fraction of sp³-hybridized carbons (Fsp3) is 0.143. The average Bonchev–Trinajstić information content (AvgIpc) is 3.40. The van der Waals surface area contributed by atoms with Crippen LogP contribution in [-0.2, 0) is 28.5 Å².